The molecular formula is C74H62BN3S3. The van der Waals surface area contributed by atoms with Crippen molar-refractivity contribution in [1.29, 1.82) is 0 Å². The van der Waals surface area contributed by atoms with Crippen LogP contribution in [0, 0.1) is 0 Å². The first-order chi connectivity index (χ1) is 39.1. The van der Waals surface area contributed by atoms with E-state index in [2.05, 4.69) is 289 Å². The van der Waals surface area contributed by atoms with Gasteiger partial charge in [0.05, 0.1) is 26.5 Å². The Bertz CT molecular complexity index is 4600. The van der Waals surface area contributed by atoms with E-state index in [4.69, 9.17) is 0 Å². The van der Waals surface area contributed by atoms with Gasteiger partial charge in [-0.1, -0.05) is 196 Å². The Morgan fingerprint density at radius 1 is 0.358 bits per heavy atom. The zero-order valence-corrected chi connectivity index (χ0v) is 49.8. The lowest BCUT2D eigenvalue weighted by molar-refractivity contribution is 0.590. The van der Waals surface area contributed by atoms with Crippen LogP contribution in [0.25, 0.3) is 61.6 Å². The van der Waals surface area contributed by atoms with Gasteiger partial charge in [-0.2, -0.15) is 0 Å². The number of rotatable bonds is 6. The summed E-state index contributed by atoms with van der Waals surface area (Å²) in [5.41, 5.74) is 19.8. The number of hydrogen-bond donors (Lipinski definition) is 0. The number of fused-ring (bicyclic) bond motifs is 12. The van der Waals surface area contributed by atoms with Crippen LogP contribution in [-0.2, 0) is 16.2 Å². The van der Waals surface area contributed by atoms with Crippen molar-refractivity contribution >= 4 is 158 Å². The molecule has 10 aromatic carbocycles. The van der Waals surface area contributed by atoms with Crippen molar-refractivity contribution < 1.29 is 0 Å². The molecule has 7 heteroatoms. The van der Waals surface area contributed by atoms with Gasteiger partial charge in [-0.15, -0.1) is 34.0 Å². The van der Waals surface area contributed by atoms with Gasteiger partial charge in [-0.05, 0) is 134 Å². The van der Waals surface area contributed by atoms with Gasteiger partial charge in [0, 0.05) is 79.9 Å². The summed E-state index contributed by atoms with van der Waals surface area (Å²) < 4.78 is 7.88. The first kappa shape index (κ1) is 50.1. The minimum atomic E-state index is -0.0447. The summed E-state index contributed by atoms with van der Waals surface area (Å²) in [7, 11) is 0. The number of anilines is 9. The monoisotopic (exact) mass is 1100 g/mol. The summed E-state index contributed by atoms with van der Waals surface area (Å²) in [4.78, 5) is 7.79. The molecule has 394 valence electrons. The van der Waals surface area contributed by atoms with Crippen molar-refractivity contribution in [2.45, 2.75) is 78.6 Å². The zero-order chi connectivity index (χ0) is 55.3. The van der Waals surface area contributed by atoms with Gasteiger partial charge in [0.15, 0.2) is 0 Å². The van der Waals surface area contributed by atoms with Gasteiger partial charge in [0.1, 0.15) is 0 Å². The third-order valence-electron chi connectivity index (χ3n) is 17.1. The summed E-state index contributed by atoms with van der Waals surface area (Å²) in [6.07, 6.45) is 0. The largest absolute Gasteiger partial charge is 0.310 e. The second-order valence-electron chi connectivity index (χ2n) is 25.3. The summed E-state index contributed by atoms with van der Waals surface area (Å²) in [5.74, 6) is 0. The first-order valence-corrected chi connectivity index (χ1v) is 30.9. The second-order valence-corrected chi connectivity index (χ2v) is 28.5. The molecule has 13 aromatic rings. The minimum absolute atomic E-state index is 0.0193. The first-order valence-electron chi connectivity index (χ1n) is 28.4. The van der Waals surface area contributed by atoms with Crippen LogP contribution in [0.15, 0.2) is 212 Å². The molecule has 0 radical (unpaired) electrons. The molecule has 0 saturated carbocycles. The molecule has 0 amide bonds. The van der Waals surface area contributed by atoms with Gasteiger partial charge in [0.25, 0.3) is 6.71 Å². The molecule has 2 aliphatic rings. The normalized spacial score (nSPS) is 13.4. The predicted octanol–water partition coefficient (Wildman–Crippen LogP) is 20.7. The fraction of sp³-hybridized carbons (Fsp3) is 0.162. The fourth-order valence-corrected chi connectivity index (χ4v) is 16.8. The molecule has 0 bridgehead atoms. The molecule has 0 spiro atoms. The van der Waals surface area contributed by atoms with E-state index in [1.807, 2.05) is 34.0 Å². The Hall–Kier alpha value is -7.94. The standard InChI is InChI=1S/C74H62BN3S3/c1-72(2,3)46-31-36-49(37-32-46)76(50-38-33-47(34-39-50)73(4,5)6)51-40-41-58-63(44-51)77(61-28-17-25-56-55-23-15-22-52(68(55)81-70(56)61)45-19-11-10-12-20-45)59-26-18-27-60-66(59)75(58)71-67(57-43-48(74(7,8)9)35-42-65(57)80-71)78(60)62-29-16-24-54-53-21-13-14-30-64(53)79-69(54)62/h10-44H,1-9H3. The maximum absolute atomic E-state index is 2.67. The average molecular weight is 1100 g/mol. The summed E-state index contributed by atoms with van der Waals surface area (Å²) in [6.45, 7) is 20.8. The van der Waals surface area contributed by atoms with E-state index in [0.29, 0.717) is 0 Å². The van der Waals surface area contributed by atoms with Crippen molar-refractivity contribution in [2.24, 2.45) is 0 Å². The highest BCUT2D eigenvalue weighted by Crippen LogP contribution is 2.54. The Morgan fingerprint density at radius 2 is 0.864 bits per heavy atom. The van der Waals surface area contributed by atoms with Crippen molar-refractivity contribution in [1.82, 2.24) is 0 Å². The highest BCUT2D eigenvalue weighted by atomic mass is 32.1. The van der Waals surface area contributed by atoms with E-state index in [9.17, 15) is 0 Å². The number of benzene rings is 10. The Morgan fingerprint density at radius 3 is 1.53 bits per heavy atom. The Kier molecular flexibility index (Phi) is 11.3. The van der Waals surface area contributed by atoms with Gasteiger partial charge >= 0.3 is 0 Å². The zero-order valence-electron chi connectivity index (χ0n) is 47.4. The molecular weight excluding hydrogens is 1040 g/mol. The SMILES string of the molecule is CC(C)(C)c1ccc(N(c2ccc(C(C)(C)C)cc2)c2ccc3c(c2)N(c2cccc4c2sc2c(-c5ccccc5)cccc24)c2cccc4c2B3c2sc3ccc(C(C)(C)C)cc3c2N4c2cccc3c2sc2ccccc23)cc1. The van der Waals surface area contributed by atoms with Crippen molar-refractivity contribution in [3.8, 4) is 11.1 Å². The maximum Gasteiger partial charge on any atom is 0.264 e. The maximum atomic E-state index is 2.67. The van der Waals surface area contributed by atoms with Crippen molar-refractivity contribution in [2.75, 3.05) is 14.7 Å². The van der Waals surface area contributed by atoms with E-state index in [1.165, 1.54) is 128 Å². The molecule has 3 nitrogen and oxygen atoms in total. The minimum Gasteiger partial charge on any atom is -0.310 e. The molecule has 3 aromatic heterocycles. The van der Waals surface area contributed by atoms with Gasteiger partial charge < -0.3 is 14.7 Å². The fourth-order valence-electron chi connectivity index (χ4n) is 12.9. The summed E-state index contributed by atoms with van der Waals surface area (Å²) in [5, 5.41) is 6.47. The molecule has 0 atom stereocenters. The number of hydrogen-bond acceptors (Lipinski definition) is 6. The smallest absolute Gasteiger partial charge is 0.264 e. The van der Waals surface area contributed by atoms with E-state index in [-0.39, 0.29) is 23.0 Å². The van der Waals surface area contributed by atoms with Crippen LogP contribution < -0.4 is 30.4 Å². The molecule has 81 heavy (non-hydrogen) atoms. The molecule has 0 N–H and O–H groups in total. The van der Waals surface area contributed by atoms with E-state index in [0.717, 1.165) is 17.1 Å². The summed E-state index contributed by atoms with van der Waals surface area (Å²) in [6, 6.07) is 81.1. The lowest BCUT2D eigenvalue weighted by Gasteiger charge is -2.43. The van der Waals surface area contributed by atoms with Crippen LogP contribution in [0.4, 0.5) is 51.2 Å². The quantitative estimate of drug-likeness (QED) is 0.154. The number of thiophene rings is 3. The molecule has 2 aliphatic heterocycles. The Balaban J connectivity index is 1.03. The van der Waals surface area contributed by atoms with Crippen LogP contribution in [-0.4, -0.2) is 6.71 Å². The lowest BCUT2D eigenvalue weighted by Crippen LogP contribution is -2.60. The van der Waals surface area contributed by atoms with Crippen LogP contribution in [0.1, 0.15) is 79.0 Å². The van der Waals surface area contributed by atoms with E-state index < -0.39 is 0 Å². The van der Waals surface area contributed by atoms with Gasteiger partial charge in [-0.25, -0.2) is 0 Å². The lowest BCUT2D eigenvalue weighted by atomic mass is 9.36. The third kappa shape index (κ3) is 7.94. The highest BCUT2D eigenvalue weighted by molar-refractivity contribution is 7.34. The van der Waals surface area contributed by atoms with E-state index >= 15 is 0 Å². The predicted molar refractivity (Wildman–Crippen MR) is 358 cm³/mol. The van der Waals surface area contributed by atoms with Crippen molar-refractivity contribution in [3.63, 3.8) is 0 Å². The van der Waals surface area contributed by atoms with Gasteiger partial charge in [-0.3, -0.25) is 0 Å². The molecule has 5 heterocycles. The molecule has 0 aliphatic carbocycles. The number of nitrogens with zero attached hydrogens (tertiary/aromatic N) is 3. The van der Waals surface area contributed by atoms with Gasteiger partial charge in [0.2, 0.25) is 0 Å². The Labute approximate surface area is 488 Å². The van der Waals surface area contributed by atoms with E-state index in [1.54, 1.807) is 0 Å². The molecule has 0 fully saturated rings. The highest BCUT2D eigenvalue weighted by Gasteiger charge is 2.46. The van der Waals surface area contributed by atoms with Crippen LogP contribution in [0.3, 0.4) is 0 Å². The summed E-state index contributed by atoms with van der Waals surface area (Å²) >= 11 is 5.81. The molecule has 0 saturated heterocycles. The molecule has 15 rings (SSSR count). The van der Waals surface area contributed by atoms with Crippen molar-refractivity contribution in [3.05, 3.63) is 229 Å². The third-order valence-corrected chi connectivity index (χ3v) is 20.8. The topological polar surface area (TPSA) is 9.72 Å². The molecule has 0 unspecified atom stereocenters. The van der Waals surface area contributed by atoms with Crippen LogP contribution >= 0.6 is 34.0 Å². The van der Waals surface area contributed by atoms with Crippen LogP contribution in [0.2, 0.25) is 0 Å². The van der Waals surface area contributed by atoms with Crippen LogP contribution in [0.5, 0.6) is 0 Å². The average Bonchev–Trinajstić information content (AvgIpc) is 3.43. The second kappa shape index (κ2) is 18.3.